The van der Waals surface area contributed by atoms with Crippen molar-refractivity contribution in [2.45, 2.75) is 13.8 Å². The quantitative estimate of drug-likeness (QED) is 0.594. The van der Waals surface area contributed by atoms with Crippen molar-refractivity contribution in [3.05, 3.63) is 63.8 Å². The van der Waals surface area contributed by atoms with Crippen LogP contribution in [-0.2, 0) is 9.53 Å². The predicted octanol–water partition coefficient (Wildman–Crippen LogP) is 5.14. The second kappa shape index (κ2) is 8.04. The number of fused-ring (bicyclic) bond motifs is 1. The van der Waals surface area contributed by atoms with Crippen molar-refractivity contribution in [2.75, 3.05) is 11.9 Å². The van der Waals surface area contributed by atoms with Crippen LogP contribution >= 0.6 is 23.2 Å². The van der Waals surface area contributed by atoms with E-state index >= 15 is 0 Å². The Morgan fingerprint density at radius 3 is 2.46 bits per heavy atom. The molecule has 0 saturated carbocycles. The van der Waals surface area contributed by atoms with E-state index < -0.39 is 17.8 Å². The first kappa shape index (κ1) is 19.9. The predicted molar refractivity (Wildman–Crippen MR) is 109 cm³/mol. The molecule has 0 aliphatic heterocycles. The lowest BCUT2D eigenvalue weighted by atomic mass is 10.1. The zero-order valence-corrected chi connectivity index (χ0v) is 16.6. The minimum absolute atomic E-state index is 0.0565. The lowest BCUT2D eigenvalue weighted by molar-refractivity contribution is -0.114. The molecule has 144 valence electrons. The number of aromatic nitrogens is 1. The summed E-state index contributed by atoms with van der Waals surface area (Å²) in [6, 6.07) is 11.2. The van der Waals surface area contributed by atoms with E-state index in [9.17, 15) is 14.4 Å². The smallest absolute Gasteiger partial charge is 0.419 e. The molecule has 0 bridgehead atoms. The molecule has 28 heavy (non-hydrogen) atoms. The van der Waals surface area contributed by atoms with Gasteiger partial charge in [-0.25, -0.2) is 9.36 Å². The molecule has 0 aliphatic carbocycles. The molecule has 1 heterocycles. The number of nitrogens with one attached hydrogen (secondary N) is 1. The van der Waals surface area contributed by atoms with Crippen LogP contribution in [0, 0.1) is 0 Å². The largest absolute Gasteiger partial charge is 0.449 e. The van der Waals surface area contributed by atoms with E-state index in [0.29, 0.717) is 15.9 Å². The lowest BCUT2D eigenvalue weighted by Gasteiger charge is -2.11. The van der Waals surface area contributed by atoms with Crippen LogP contribution in [0.15, 0.2) is 42.5 Å². The second-order valence-electron chi connectivity index (χ2n) is 5.91. The lowest BCUT2D eigenvalue weighted by Crippen LogP contribution is -2.21. The number of ketones is 1. The summed E-state index contributed by atoms with van der Waals surface area (Å²) in [7, 11) is 0. The molecule has 0 aliphatic rings. The normalized spacial score (nSPS) is 10.7. The Morgan fingerprint density at radius 1 is 1.11 bits per heavy atom. The number of nitrogens with zero attached hydrogens (tertiary/aromatic N) is 1. The summed E-state index contributed by atoms with van der Waals surface area (Å²) in [6.07, 6.45) is -0.762. The van der Waals surface area contributed by atoms with Crippen molar-refractivity contribution >= 4 is 57.6 Å². The molecule has 0 fully saturated rings. The van der Waals surface area contributed by atoms with Crippen LogP contribution in [0.5, 0.6) is 0 Å². The molecular weight excluding hydrogens is 403 g/mol. The molecule has 8 heteroatoms. The Hall–Kier alpha value is -2.83. The van der Waals surface area contributed by atoms with Crippen LogP contribution in [0.3, 0.4) is 0 Å². The first-order valence-corrected chi connectivity index (χ1v) is 9.18. The molecule has 1 aromatic heterocycles. The Labute approximate surface area is 171 Å². The molecule has 6 nitrogen and oxygen atoms in total. The van der Waals surface area contributed by atoms with Crippen molar-refractivity contribution < 1.29 is 19.1 Å². The van der Waals surface area contributed by atoms with Crippen LogP contribution in [0.1, 0.15) is 29.9 Å². The number of anilines is 1. The van der Waals surface area contributed by atoms with Gasteiger partial charge in [-0.05, 0) is 37.3 Å². The van der Waals surface area contributed by atoms with E-state index in [2.05, 4.69) is 5.32 Å². The zero-order chi connectivity index (χ0) is 20.4. The van der Waals surface area contributed by atoms with E-state index in [-0.39, 0.29) is 28.6 Å². The molecule has 3 rings (SSSR count). The molecule has 1 N–H and O–H groups in total. The van der Waals surface area contributed by atoms with Gasteiger partial charge in [0.1, 0.15) is 5.69 Å². The fraction of sp³-hybridized carbons (Fsp3) is 0.150. The van der Waals surface area contributed by atoms with Crippen LogP contribution in [-0.4, -0.2) is 29.0 Å². The molecule has 0 spiro atoms. The number of ether oxygens (including phenoxy) is 1. The van der Waals surface area contributed by atoms with Crippen LogP contribution in [0.2, 0.25) is 10.0 Å². The van der Waals surface area contributed by atoms with E-state index in [1.807, 2.05) is 0 Å². The van der Waals surface area contributed by atoms with Crippen molar-refractivity contribution in [3.63, 3.8) is 0 Å². The molecule has 1 amide bonds. The summed E-state index contributed by atoms with van der Waals surface area (Å²) >= 11 is 12.3. The van der Waals surface area contributed by atoms with Gasteiger partial charge in [0.05, 0.1) is 22.8 Å². The molecular formula is C20H16Cl2N2O4. The van der Waals surface area contributed by atoms with Crippen molar-refractivity contribution in [1.29, 1.82) is 0 Å². The standard InChI is InChI=1S/C20H16Cl2N2O4/c1-3-28-20(27)24-16-10-12(21)8-9-14(16)17(23-11(2)25)18(24)19(26)13-6-4-5-7-15(13)22/h4-10H,3H2,1-2H3,(H,23,25). The maximum Gasteiger partial charge on any atom is 0.419 e. The third kappa shape index (κ3) is 3.61. The molecule has 0 saturated heterocycles. The summed E-state index contributed by atoms with van der Waals surface area (Å²) < 4.78 is 6.25. The van der Waals surface area contributed by atoms with Gasteiger partial charge in [0.25, 0.3) is 0 Å². The SMILES string of the molecule is CCOC(=O)n1c(C(=O)c2ccccc2Cl)c(NC(C)=O)c2ccc(Cl)cc21. The highest BCUT2D eigenvalue weighted by Gasteiger charge is 2.29. The van der Waals surface area contributed by atoms with Gasteiger partial charge in [-0.1, -0.05) is 35.3 Å². The number of hydrogen-bond donors (Lipinski definition) is 1. The third-order valence-electron chi connectivity index (χ3n) is 4.02. The summed E-state index contributed by atoms with van der Waals surface area (Å²) in [6.45, 7) is 3.07. The van der Waals surface area contributed by atoms with Crippen molar-refractivity contribution in [3.8, 4) is 0 Å². The van der Waals surface area contributed by atoms with Gasteiger partial charge in [0.15, 0.2) is 0 Å². The number of halogens is 2. The second-order valence-corrected chi connectivity index (χ2v) is 6.75. The van der Waals surface area contributed by atoms with Crippen molar-refractivity contribution in [2.24, 2.45) is 0 Å². The topological polar surface area (TPSA) is 77.4 Å². The van der Waals surface area contributed by atoms with Crippen LogP contribution in [0.25, 0.3) is 10.9 Å². The number of benzene rings is 2. The van der Waals surface area contributed by atoms with Gasteiger partial charge in [-0.3, -0.25) is 9.59 Å². The Balaban J connectivity index is 2.39. The Morgan fingerprint density at radius 2 is 1.82 bits per heavy atom. The average Bonchev–Trinajstić information content (AvgIpc) is 2.94. The number of amides is 1. The Bertz CT molecular complexity index is 1110. The van der Waals surface area contributed by atoms with Gasteiger partial charge in [0, 0.05) is 22.9 Å². The van der Waals surface area contributed by atoms with Gasteiger partial charge in [-0.15, -0.1) is 0 Å². The number of carbonyl (C=O) groups is 3. The molecule has 0 radical (unpaired) electrons. The highest BCUT2D eigenvalue weighted by Crippen LogP contribution is 2.35. The highest BCUT2D eigenvalue weighted by atomic mass is 35.5. The fourth-order valence-corrected chi connectivity index (χ4v) is 3.32. The van der Waals surface area contributed by atoms with Gasteiger partial charge >= 0.3 is 6.09 Å². The van der Waals surface area contributed by atoms with Gasteiger partial charge in [0.2, 0.25) is 11.7 Å². The number of rotatable bonds is 4. The maximum absolute atomic E-state index is 13.4. The molecule has 0 atom stereocenters. The molecule has 2 aromatic carbocycles. The zero-order valence-electron chi connectivity index (χ0n) is 15.1. The number of hydrogen-bond acceptors (Lipinski definition) is 4. The monoisotopic (exact) mass is 418 g/mol. The average molecular weight is 419 g/mol. The first-order valence-electron chi connectivity index (χ1n) is 8.43. The van der Waals surface area contributed by atoms with Gasteiger partial charge < -0.3 is 10.1 Å². The van der Waals surface area contributed by atoms with Crippen LogP contribution < -0.4 is 5.32 Å². The summed E-state index contributed by atoms with van der Waals surface area (Å²) in [4.78, 5) is 37.9. The maximum atomic E-state index is 13.4. The molecule has 3 aromatic rings. The summed E-state index contributed by atoms with van der Waals surface area (Å²) in [5, 5.41) is 3.71. The highest BCUT2D eigenvalue weighted by molar-refractivity contribution is 6.36. The minimum Gasteiger partial charge on any atom is -0.449 e. The van der Waals surface area contributed by atoms with Crippen molar-refractivity contribution in [1.82, 2.24) is 4.57 Å². The van der Waals surface area contributed by atoms with Gasteiger partial charge in [-0.2, -0.15) is 0 Å². The van der Waals surface area contributed by atoms with Crippen LogP contribution in [0.4, 0.5) is 10.5 Å². The molecule has 0 unspecified atom stereocenters. The minimum atomic E-state index is -0.762. The van der Waals surface area contributed by atoms with E-state index in [1.165, 1.54) is 13.0 Å². The first-order chi connectivity index (χ1) is 13.3. The van der Waals surface area contributed by atoms with E-state index in [4.69, 9.17) is 27.9 Å². The third-order valence-corrected chi connectivity index (χ3v) is 4.58. The van der Waals surface area contributed by atoms with E-state index in [0.717, 1.165) is 4.57 Å². The number of carbonyl (C=O) groups excluding carboxylic acids is 3. The Kier molecular flexibility index (Phi) is 5.72. The summed E-state index contributed by atoms with van der Waals surface area (Å²) in [5.41, 5.74) is 0.663. The van der Waals surface area contributed by atoms with E-state index in [1.54, 1.807) is 43.3 Å². The fourth-order valence-electron chi connectivity index (χ4n) is 2.93. The summed E-state index contributed by atoms with van der Waals surface area (Å²) in [5.74, 6) is -0.930.